The van der Waals surface area contributed by atoms with Gasteiger partial charge in [-0.25, -0.2) is 14.8 Å². The molecule has 0 N–H and O–H groups in total. The van der Waals surface area contributed by atoms with Gasteiger partial charge in [0.1, 0.15) is 5.75 Å². The Morgan fingerprint density at radius 3 is 2.69 bits per heavy atom. The molecule has 0 bridgehead atoms. The van der Waals surface area contributed by atoms with E-state index in [2.05, 4.69) is 9.97 Å². The molecule has 1 aliphatic heterocycles. The van der Waals surface area contributed by atoms with Crippen LogP contribution in [-0.2, 0) is 0 Å². The smallest absolute Gasteiger partial charge is 0.416 e. The van der Waals surface area contributed by atoms with E-state index in [1.54, 1.807) is 36.4 Å². The highest BCUT2D eigenvalue weighted by Gasteiger charge is 2.22. The molecule has 0 spiro atoms. The highest BCUT2D eigenvalue weighted by atomic mass is 35.5. The Morgan fingerprint density at radius 1 is 1.19 bits per heavy atom. The van der Waals surface area contributed by atoms with Gasteiger partial charge in [-0.05, 0) is 30.7 Å². The molecule has 1 amide bonds. The van der Waals surface area contributed by atoms with Crippen LogP contribution in [0.15, 0.2) is 42.6 Å². The number of pyridine rings is 2. The minimum absolute atomic E-state index is 0.263. The number of amides is 1. The molecule has 7 heteroatoms. The van der Waals surface area contributed by atoms with Crippen molar-refractivity contribution in [1.82, 2.24) is 14.9 Å². The van der Waals surface area contributed by atoms with Gasteiger partial charge in [0.2, 0.25) is 5.88 Å². The van der Waals surface area contributed by atoms with Gasteiger partial charge in [-0.15, -0.1) is 0 Å². The SMILES string of the molecule is COc1ccc2c(Cl)cc(-c3ccc(OC(=O)N4CCC4)nc3)nc2c1. The Kier molecular flexibility index (Phi) is 4.34. The van der Waals surface area contributed by atoms with Crippen LogP contribution in [0.5, 0.6) is 11.6 Å². The number of carbonyl (C=O) groups excluding carboxylic acids is 1. The summed E-state index contributed by atoms with van der Waals surface area (Å²) in [5, 5.41) is 1.45. The lowest BCUT2D eigenvalue weighted by atomic mass is 10.1. The second-order valence-electron chi connectivity index (χ2n) is 5.97. The van der Waals surface area contributed by atoms with Crippen LogP contribution < -0.4 is 9.47 Å². The molecule has 26 heavy (non-hydrogen) atoms. The first-order chi connectivity index (χ1) is 12.6. The summed E-state index contributed by atoms with van der Waals surface area (Å²) >= 11 is 6.39. The molecule has 1 aliphatic rings. The Morgan fingerprint density at radius 2 is 2.04 bits per heavy atom. The van der Waals surface area contributed by atoms with E-state index in [4.69, 9.17) is 21.1 Å². The standard InChI is InChI=1S/C19H16ClN3O3/c1-25-13-4-5-14-15(20)10-16(22-17(14)9-13)12-3-6-18(21-11-12)26-19(24)23-7-2-8-23/h3-6,9-11H,2,7-8H2,1H3. The van der Waals surface area contributed by atoms with Crippen molar-refractivity contribution in [3.63, 3.8) is 0 Å². The van der Waals surface area contributed by atoms with Crippen molar-refractivity contribution in [2.24, 2.45) is 0 Å². The second-order valence-corrected chi connectivity index (χ2v) is 6.37. The lowest BCUT2D eigenvalue weighted by Crippen LogP contribution is -2.43. The Balaban J connectivity index is 1.61. The van der Waals surface area contributed by atoms with Gasteiger partial charge in [0.25, 0.3) is 0 Å². The largest absolute Gasteiger partial charge is 0.497 e. The first-order valence-electron chi connectivity index (χ1n) is 8.21. The third-order valence-electron chi connectivity index (χ3n) is 4.30. The van der Waals surface area contributed by atoms with Crippen LogP contribution in [0, 0.1) is 0 Å². The van der Waals surface area contributed by atoms with E-state index in [1.165, 1.54) is 0 Å². The quantitative estimate of drug-likeness (QED) is 0.693. The van der Waals surface area contributed by atoms with E-state index in [9.17, 15) is 4.79 Å². The van der Waals surface area contributed by atoms with Crippen LogP contribution in [0.25, 0.3) is 22.2 Å². The maximum Gasteiger partial charge on any atom is 0.416 e. The summed E-state index contributed by atoms with van der Waals surface area (Å²) in [7, 11) is 1.61. The number of rotatable bonds is 3. The first-order valence-corrected chi connectivity index (χ1v) is 8.59. The summed E-state index contributed by atoms with van der Waals surface area (Å²) in [5.74, 6) is 0.976. The normalized spacial score (nSPS) is 13.4. The number of ether oxygens (including phenoxy) is 2. The zero-order chi connectivity index (χ0) is 18.1. The van der Waals surface area contributed by atoms with Gasteiger partial charge < -0.3 is 14.4 Å². The van der Waals surface area contributed by atoms with Crippen molar-refractivity contribution in [2.75, 3.05) is 20.2 Å². The summed E-state index contributed by atoms with van der Waals surface area (Å²) in [6, 6.07) is 10.8. The molecule has 3 heterocycles. The second kappa shape index (κ2) is 6.80. The number of fused-ring (bicyclic) bond motifs is 1. The number of nitrogens with zero attached hydrogens (tertiary/aromatic N) is 3. The molecule has 1 fully saturated rings. The molecule has 6 nitrogen and oxygen atoms in total. The molecule has 2 aromatic heterocycles. The molecule has 1 aromatic carbocycles. The van der Waals surface area contributed by atoms with Crippen molar-refractivity contribution >= 4 is 28.6 Å². The lowest BCUT2D eigenvalue weighted by molar-refractivity contribution is 0.123. The number of methoxy groups -OCH3 is 1. The van der Waals surface area contributed by atoms with Crippen LogP contribution in [0.2, 0.25) is 5.02 Å². The van der Waals surface area contributed by atoms with Gasteiger partial charge in [0.15, 0.2) is 0 Å². The predicted octanol–water partition coefficient (Wildman–Crippen LogP) is 4.16. The topological polar surface area (TPSA) is 64.6 Å². The highest BCUT2D eigenvalue weighted by Crippen LogP contribution is 2.30. The third-order valence-corrected chi connectivity index (χ3v) is 4.62. The van der Waals surface area contributed by atoms with Gasteiger partial charge in [-0.1, -0.05) is 11.6 Å². The fourth-order valence-electron chi connectivity index (χ4n) is 2.69. The minimum atomic E-state index is -0.365. The molecule has 0 atom stereocenters. The average molecular weight is 370 g/mol. The van der Waals surface area contributed by atoms with Crippen LogP contribution in [0.1, 0.15) is 6.42 Å². The van der Waals surface area contributed by atoms with E-state index in [0.717, 1.165) is 36.0 Å². The summed E-state index contributed by atoms with van der Waals surface area (Å²) in [6.45, 7) is 1.47. The maximum absolute atomic E-state index is 11.8. The zero-order valence-corrected chi connectivity index (χ0v) is 14.9. The van der Waals surface area contributed by atoms with E-state index < -0.39 is 0 Å². The zero-order valence-electron chi connectivity index (χ0n) is 14.1. The summed E-state index contributed by atoms with van der Waals surface area (Å²) in [5.41, 5.74) is 2.20. The number of carbonyl (C=O) groups is 1. The number of halogens is 1. The maximum atomic E-state index is 11.8. The molecule has 0 radical (unpaired) electrons. The third kappa shape index (κ3) is 3.15. The molecular weight excluding hydrogens is 354 g/mol. The number of likely N-dealkylation sites (tertiary alicyclic amines) is 1. The fourth-order valence-corrected chi connectivity index (χ4v) is 2.95. The van der Waals surface area contributed by atoms with E-state index in [0.29, 0.717) is 16.5 Å². The van der Waals surface area contributed by atoms with Crippen LogP contribution in [-0.4, -0.2) is 41.2 Å². The molecule has 4 rings (SSSR count). The molecule has 1 saturated heterocycles. The van der Waals surface area contributed by atoms with Crippen LogP contribution in [0.3, 0.4) is 0 Å². The van der Waals surface area contributed by atoms with Gasteiger partial charge >= 0.3 is 6.09 Å². The predicted molar refractivity (Wildman–Crippen MR) is 98.8 cm³/mol. The van der Waals surface area contributed by atoms with Crippen LogP contribution >= 0.6 is 11.6 Å². The first kappa shape index (κ1) is 16.6. The number of hydrogen-bond acceptors (Lipinski definition) is 5. The van der Waals surface area contributed by atoms with E-state index >= 15 is 0 Å². The number of hydrogen-bond donors (Lipinski definition) is 0. The number of aromatic nitrogens is 2. The van der Waals surface area contributed by atoms with Crippen molar-refractivity contribution in [3.8, 4) is 22.9 Å². The van der Waals surface area contributed by atoms with Gasteiger partial charge in [0.05, 0.1) is 23.3 Å². The monoisotopic (exact) mass is 369 g/mol. The Labute approximate surface area is 155 Å². The molecule has 132 valence electrons. The van der Waals surface area contributed by atoms with E-state index in [-0.39, 0.29) is 12.0 Å². The average Bonchev–Trinajstić information content (AvgIpc) is 2.60. The Bertz CT molecular complexity index is 972. The molecule has 0 unspecified atom stereocenters. The summed E-state index contributed by atoms with van der Waals surface area (Å²) in [4.78, 5) is 22.3. The molecule has 3 aromatic rings. The summed E-state index contributed by atoms with van der Waals surface area (Å²) < 4.78 is 10.5. The van der Waals surface area contributed by atoms with Crippen molar-refractivity contribution < 1.29 is 14.3 Å². The Hall–Kier alpha value is -2.86. The van der Waals surface area contributed by atoms with Crippen molar-refractivity contribution in [2.45, 2.75) is 6.42 Å². The van der Waals surface area contributed by atoms with Gasteiger partial charge in [0, 0.05) is 42.4 Å². The van der Waals surface area contributed by atoms with Crippen molar-refractivity contribution in [3.05, 3.63) is 47.6 Å². The molecule has 0 aliphatic carbocycles. The molecule has 0 saturated carbocycles. The highest BCUT2D eigenvalue weighted by molar-refractivity contribution is 6.35. The van der Waals surface area contributed by atoms with Crippen molar-refractivity contribution in [1.29, 1.82) is 0 Å². The molecular formula is C19H16ClN3O3. The fraction of sp³-hybridized carbons (Fsp3) is 0.211. The lowest BCUT2D eigenvalue weighted by Gasteiger charge is -2.29. The minimum Gasteiger partial charge on any atom is -0.497 e. The van der Waals surface area contributed by atoms with Gasteiger partial charge in [-0.2, -0.15) is 0 Å². The van der Waals surface area contributed by atoms with Gasteiger partial charge in [-0.3, -0.25) is 0 Å². The van der Waals surface area contributed by atoms with E-state index in [1.807, 2.05) is 18.2 Å². The van der Waals surface area contributed by atoms with Crippen LogP contribution in [0.4, 0.5) is 4.79 Å². The summed E-state index contributed by atoms with van der Waals surface area (Å²) in [6.07, 6.45) is 2.26. The number of benzene rings is 1.